The Morgan fingerprint density at radius 1 is 1.56 bits per heavy atom. The smallest absolute Gasteiger partial charge is 0.289 e. The number of carbonyl (C=O) groups is 1. The van der Waals surface area contributed by atoms with Crippen molar-refractivity contribution in [2.24, 2.45) is 0 Å². The highest BCUT2D eigenvalue weighted by Gasteiger charge is 2.07. The van der Waals surface area contributed by atoms with Gasteiger partial charge in [0.25, 0.3) is 4.82 Å². The molecule has 0 unspecified atom stereocenters. The Balaban J connectivity index is 2.77. The number of benzene rings is 1. The lowest BCUT2D eigenvalue weighted by molar-refractivity contribution is 0.233. The van der Waals surface area contributed by atoms with E-state index >= 15 is 0 Å². The molecule has 0 saturated heterocycles. The lowest BCUT2D eigenvalue weighted by atomic mass is 10.2. The van der Waals surface area contributed by atoms with E-state index in [2.05, 4.69) is 15.9 Å². The van der Waals surface area contributed by atoms with E-state index in [-0.39, 0.29) is 4.82 Å². The zero-order chi connectivity index (χ0) is 12.1. The SMILES string of the molecule is CCOc1ccc(CN(C)C(=O)Br)cc1Cl. The number of hydrogen-bond acceptors (Lipinski definition) is 2. The molecule has 0 aliphatic rings. The monoisotopic (exact) mass is 305 g/mol. The molecule has 1 aromatic rings. The number of ether oxygens (including phenoxy) is 1. The molecule has 16 heavy (non-hydrogen) atoms. The summed E-state index contributed by atoms with van der Waals surface area (Å²) in [5.74, 6) is 0.667. The van der Waals surface area contributed by atoms with Crippen molar-refractivity contribution in [1.29, 1.82) is 0 Å². The molecule has 0 spiro atoms. The van der Waals surface area contributed by atoms with E-state index in [4.69, 9.17) is 16.3 Å². The normalized spacial score (nSPS) is 10.0. The van der Waals surface area contributed by atoms with E-state index in [1.165, 1.54) is 0 Å². The summed E-state index contributed by atoms with van der Waals surface area (Å²) in [5.41, 5.74) is 0.962. The van der Waals surface area contributed by atoms with Crippen LogP contribution in [-0.2, 0) is 6.54 Å². The number of nitrogens with zero attached hydrogens (tertiary/aromatic N) is 1. The Kier molecular flexibility index (Phi) is 5.09. The molecule has 0 aliphatic carbocycles. The van der Waals surface area contributed by atoms with Crippen LogP contribution in [0.2, 0.25) is 5.02 Å². The average molecular weight is 307 g/mol. The lowest BCUT2D eigenvalue weighted by Gasteiger charge is -2.14. The quantitative estimate of drug-likeness (QED) is 0.627. The van der Waals surface area contributed by atoms with Crippen LogP contribution in [0.1, 0.15) is 12.5 Å². The number of halogens is 2. The van der Waals surface area contributed by atoms with E-state index in [9.17, 15) is 4.79 Å². The van der Waals surface area contributed by atoms with Crippen LogP contribution in [0, 0.1) is 0 Å². The third-order valence-corrected chi connectivity index (χ3v) is 2.92. The summed E-state index contributed by atoms with van der Waals surface area (Å²) in [6, 6.07) is 5.51. The van der Waals surface area contributed by atoms with E-state index in [0.717, 1.165) is 5.56 Å². The molecule has 0 saturated carbocycles. The van der Waals surface area contributed by atoms with Crippen LogP contribution in [0.15, 0.2) is 18.2 Å². The summed E-state index contributed by atoms with van der Waals surface area (Å²) in [7, 11) is 1.71. The van der Waals surface area contributed by atoms with Crippen LogP contribution >= 0.6 is 27.5 Å². The summed E-state index contributed by atoms with van der Waals surface area (Å²) in [4.78, 5) is 12.4. The maximum atomic E-state index is 11.0. The predicted octanol–water partition coefficient (Wildman–Crippen LogP) is 3.69. The highest BCUT2D eigenvalue weighted by atomic mass is 79.9. The fraction of sp³-hybridized carbons (Fsp3) is 0.364. The number of rotatable bonds is 4. The topological polar surface area (TPSA) is 29.5 Å². The lowest BCUT2D eigenvalue weighted by Crippen LogP contribution is -2.19. The van der Waals surface area contributed by atoms with Gasteiger partial charge >= 0.3 is 0 Å². The van der Waals surface area contributed by atoms with E-state index in [0.29, 0.717) is 23.9 Å². The molecule has 0 bridgehead atoms. The van der Waals surface area contributed by atoms with Gasteiger partial charge < -0.3 is 9.64 Å². The standard InChI is InChI=1S/C11H13BrClNO2/c1-3-16-10-5-4-8(6-9(10)13)7-14(2)11(12)15/h4-6H,3,7H2,1-2H3. The first-order chi connectivity index (χ1) is 7.54. The second-order valence-electron chi connectivity index (χ2n) is 3.31. The first-order valence-corrected chi connectivity index (χ1v) is 6.03. The Hall–Kier alpha value is -0.740. The summed E-state index contributed by atoms with van der Waals surface area (Å²) in [5, 5.41) is 0.565. The summed E-state index contributed by atoms with van der Waals surface area (Å²) in [6.45, 7) is 3.00. The van der Waals surface area contributed by atoms with Crippen molar-refractivity contribution in [1.82, 2.24) is 4.90 Å². The highest BCUT2D eigenvalue weighted by Crippen LogP contribution is 2.25. The van der Waals surface area contributed by atoms with Crippen molar-refractivity contribution in [3.8, 4) is 5.75 Å². The maximum Gasteiger partial charge on any atom is 0.289 e. The summed E-state index contributed by atoms with van der Waals surface area (Å²) in [6.07, 6.45) is 0. The fourth-order valence-electron chi connectivity index (χ4n) is 1.25. The van der Waals surface area contributed by atoms with Crippen LogP contribution in [0.3, 0.4) is 0 Å². The van der Waals surface area contributed by atoms with Crippen molar-refractivity contribution in [3.05, 3.63) is 28.8 Å². The molecule has 1 aromatic carbocycles. The van der Waals surface area contributed by atoms with Gasteiger partial charge in [-0.15, -0.1) is 0 Å². The van der Waals surface area contributed by atoms with Crippen LogP contribution in [0.4, 0.5) is 4.79 Å². The van der Waals surface area contributed by atoms with Crippen molar-refractivity contribution < 1.29 is 9.53 Å². The Morgan fingerprint density at radius 2 is 2.25 bits per heavy atom. The average Bonchev–Trinajstić information content (AvgIpc) is 2.22. The first kappa shape index (κ1) is 13.3. The minimum absolute atomic E-state index is 0.155. The number of carbonyl (C=O) groups excluding carboxylic acids is 1. The van der Waals surface area contributed by atoms with Crippen LogP contribution in [0.25, 0.3) is 0 Å². The van der Waals surface area contributed by atoms with Gasteiger partial charge in [0.2, 0.25) is 0 Å². The van der Waals surface area contributed by atoms with E-state index in [1.807, 2.05) is 19.1 Å². The second kappa shape index (κ2) is 6.11. The predicted molar refractivity (Wildman–Crippen MR) is 68.4 cm³/mol. The van der Waals surface area contributed by atoms with Gasteiger partial charge in [0.15, 0.2) is 0 Å². The molecule has 0 N–H and O–H groups in total. The second-order valence-corrected chi connectivity index (χ2v) is 4.39. The molecule has 1 rings (SSSR count). The van der Waals surface area contributed by atoms with Crippen LogP contribution in [0.5, 0.6) is 5.75 Å². The molecule has 0 heterocycles. The van der Waals surface area contributed by atoms with Gasteiger partial charge in [0.1, 0.15) is 5.75 Å². The first-order valence-electron chi connectivity index (χ1n) is 4.86. The third kappa shape index (κ3) is 3.68. The molecule has 0 radical (unpaired) electrons. The van der Waals surface area contributed by atoms with Crippen molar-refractivity contribution in [3.63, 3.8) is 0 Å². The molecule has 0 aliphatic heterocycles. The van der Waals surface area contributed by atoms with E-state index in [1.54, 1.807) is 18.0 Å². The molecule has 3 nitrogen and oxygen atoms in total. The van der Waals surface area contributed by atoms with Gasteiger partial charge in [-0.2, -0.15) is 0 Å². The molecule has 0 fully saturated rings. The Bertz CT molecular complexity index is 384. The van der Waals surface area contributed by atoms with Gasteiger partial charge in [-0.25, -0.2) is 0 Å². The van der Waals surface area contributed by atoms with Crippen molar-refractivity contribution in [2.75, 3.05) is 13.7 Å². The minimum Gasteiger partial charge on any atom is -0.492 e. The van der Waals surface area contributed by atoms with Crippen LogP contribution in [-0.4, -0.2) is 23.4 Å². The van der Waals surface area contributed by atoms with E-state index < -0.39 is 0 Å². The largest absolute Gasteiger partial charge is 0.492 e. The third-order valence-electron chi connectivity index (χ3n) is 2.02. The highest BCUT2D eigenvalue weighted by molar-refractivity contribution is 9.18. The van der Waals surface area contributed by atoms with Crippen molar-refractivity contribution in [2.45, 2.75) is 13.5 Å². The van der Waals surface area contributed by atoms with Gasteiger partial charge in [0.05, 0.1) is 11.6 Å². The molecule has 0 atom stereocenters. The minimum atomic E-state index is -0.155. The summed E-state index contributed by atoms with van der Waals surface area (Å²) < 4.78 is 5.32. The van der Waals surface area contributed by atoms with Crippen molar-refractivity contribution >= 4 is 32.3 Å². The summed E-state index contributed by atoms with van der Waals surface area (Å²) >= 11 is 8.92. The van der Waals surface area contributed by atoms with Gasteiger partial charge in [-0.05, 0) is 24.6 Å². The zero-order valence-corrected chi connectivity index (χ0v) is 11.5. The molecular weight excluding hydrogens is 293 g/mol. The number of amides is 1. The fourth-order valence-corrected chi connectivity index (χ4v) is 1.63. The van der Waals surface area contributed by atoms with Gasteiger partial charge in [-0.3, -0.25) is 4.79 Å². The molecule has 5 heteroatoms. The Morgan fingerprint density at radius 3 is 2.75 bits per heavy atom. The zero-order valence-electron chi connectivity index (χ0n) is 9.17. The molecular formula is C11H13BrClNO2. The molecule has 0 aromatic heterocycles. The molecule has 88 valence electrons. The molecule has 1 amide bonds. The Labute approximate surface area is 108 Å². The van der Waals surface area contributed by atoms with Gasteiger partial charge in [0, 0.05) is 29.5 Å². The number of hydrogen-bond donors (Lipinski definition) is 0. The van der Waals surface area contributed by atoms with Gasteiger partial charge in [-0.1, -0.05) is 17.7 Å². The van der Waals surface area contributed by atoms with Crippen LogP contribution < -0.4 is 4.74 Å². The maximum absolute atomic E-state index is 11.0.